The molecule has 0 saturated heterocycles. The second-order valence-corrected chi connectivity index (χ2v) is 4.73. The van der Waals surface area contributed by atoms with Crippen LogP contribution in [0.1, 0.15) is 21.5 Å². The van der Waals surface area contributed by atoms with Gasteiger partial charge in [-0.25, -0.2) is 0 Å². The van der Waals surface area contributed by atoms with Gasteiger partial charge in [0.2, 0.25) is 0 Å². The minimum absolute atomic E-state index is 0.148. The van der Waals surface area contributed by atoms with Gasteiger partial charge >= 0.3 is 0 Å². The van der Waals surface area contributed by atoms with Gasteiger partial charge in [-0.3, -0.25) is 4.79 Å². The highest BCUT2D eigenvalue weighted by Crippen LogP contribution is 2.24. The Kier molecular flexibility index (Phi) is 4.31. The van der Waals surface area contributed by atoms with Gasteiger partial charge in [0.25, 0.3) is 5.91 Å². The Morgan fingerprint density at radius 3 is 2.67 bits per heavy atom. The molecule has 106 valence electrons. The molecular weight excluding hydrogens is 290 g/mol. The lowest BCUT2D eigenvalue weighted by Crippen LogP contribution is -2.13. The SMILES string of the molecule is N#Cc1ccc(COc2ccc(N)cc2C(N)=O)c(Cl)c1. The van der Waals surface area contributed by atoms with Crippen LogP contribution in [0.25, 0.3) is 0 Å². The molecular formula is C15H12ClN3O2. The maximum absolute atomic E-state index is 11.4. The number of rotatable bonds is 4. The first kappa shape index (κ1) is 14.7. The average Bonchev–Trinajstić information content (AvgIpc) is 2.46. The van der Waals surface area contributed by atoms with Crippen molar-refractivity contribution in [2.45, 2.75) is 6.61 Å². The van der Waals surface area contributed by atoms with Crippen LogP contribution in [-0.4, -0.2) is 5.91 Å². The van der Waals surface area contributed by atoms with Gasteiger partial charge in [-0.05, 0) is 30.3 Å². The van der Waals surface area contributed by atoms with Gasteiger partial charge in [-0.2, -0.15) is 5.26 Å². The smallest absolute Gasteiger partial charge is 0.252 e. The van der Waals surface area contributed by atoms with Crippen molar-refractivity contribution in [2.24, 2.45) is 5.73 Å². The van der Waals surface area contributed by atoms with E-state index in [4.69, 9.17) is 33.1 Å². The Hall–Kier alpha value is -2.71. The highest BCUT2D eigenvalue weighted by atomic mass is 35.5. The molecule has 2 rings (SSSR count). The second-order valence-electron chi connectivity index (χ2n) is 4.33. The molecule has 0 aliphatic carbocycles. The molecule has 2 aromatic carbocycles. The number of carbonyl (C=O) groups is 1. The molecule has 0 aliphatic rings. The number of anilines is 1. The summed E-state index contributed by atoms with van der Waals surface area (Å²) in [6.07, 6.45) is 0. The second kappa shape index (κ2) is 6.16. The van der Waals surface area contributed by atoms with Crippen LogP contribution >= 0.6 is 11.6 Å². The van der Waals surface area contributed by atoms with Crippen LogP contribution in [0.15, 0.2) is 36.4 Å². The summed E-state index contributed by atoms with van der Waals surface area (Å²) in [4.78, 5) is 11.4. The van der Waals surface area contributed by atoms with E-state index < -0.39 is 5.91 Å². The van der Waals surface area contributed by atoms with Crippen LogP contribution < -0.4 is 16.2 Å². The lowest BCUT2D eigenvalue weighted by Gasteiger charge is -2.11. The maximum atomic E-state index is 11.4. The number of nitriles is 1. The number of nitrogens with zero attached hydrogens (tertiary/aromatic N) is 1. The number of benzene rings is 2. The molecule has 0 saturated carbocycles. The van der Waals surface area contributed by atoms with Crippen molar-refractivity contribution in [2.75, 3.05) is 5.73 Å². The van der Waals surface area contributed by atoms with Gasteiger partial charge in [0, 0.05) is 16.3 Å². The number of hydrogen-bond acceptors (Lipinski definition) is 4. The van der Waals surface area contributed by atoms with Crippen molar-refractivity contribution in [3.05, 3.63) is 58.1 Å². The van der Waals surface area contributed by atoms with E-state index in [-0.39, 0.29) is 12.2 Å². The van der Waals surface area contributed by atoms with Gasteiger partial charge in [-0.1, -0.05) is 17.7 Å². The fourth-order valence-electron chi connectivity index (χ4n) is 1.76. The number of ether oxygens (including phenoxy) is 1. The van der Waals surface area contributed by atoms with Crippen molar-refractivity contribution in [1.29, 1.82) is 5.26 Å². The maximum Gasteiger partial charge on any atom is 0.252 e. The van der Waals surface area contributed by atoms with Crippen LogP contribution in [0.3, 0.4) is 0 Å². The van der Waals surface area contributed by atoms with E-state index in [2.05, 4.69) is 0 Å². The molecule has 0 spiro atoms. The predicted molar refractivity (Wildman–Crippen MR) is 79.9 cm³/mol. The summed E-state index contributed by atoms with van der Waals surface area (Å²) in [7, 11) is 0. The largest absolute Gasteiger partial charge is 0.488 e. The minimum Gasteiger partial charge on any atom is -0.488 e. The number of nitrogen functional groups attached to an aromatic ring is 1. The minimum atomic E-state index is -0.622. The molecule has 2 aromatic rings. The summed E-state index contributed by atoms with van der Waals surface area (Å²) in [5.74, 6) is -0.291. The molecule has 0 unspecified atom stereocenters. The Balaban J connectivity index is 2.21. The van der Waals surface area contributed by atoms with E-state index in [9.17, 15) is 4.79 Å². The van der Waals surface area contributed by atoms with Crippen LogP contribution in [0.2, 0.25) is 5.02 Å². The summed E-state index contributed by atoms with van der Waals surface area (Å²) in [5.41, 5.74) is 12.7. The summed E-state index contributed by atoms with van der Waals surface area (Å²) in [6.45, 7) is 0.148. The lowest BCUT2D eigenvalue weighted by molar-refractivity contribution is 0.0996. The lowest BCUT2D eigenvalue weighted by atomic mass is 10.1. The van der Waals surface area contributed by atoms with Crippen LogP contribution in [0.4, 0.5) is 5.69 Å². The fraction of sp³-hybridized carbons (Fsp3) is 0.0667. The zero-order chi connectivity index (χ0) is 15.4. The van der Waals surface area contributed by atoms with Crippen molar-refractivity contribution in [1.82, 2.24) is 0 Å². The highest BCUT2D eigenvalue weighted by Gasteiger charge is 2.11. The summed E-state index contributed by atoms with van der Waals surface area (Å²) < 4.78 is 5.57. The molecule has 4 N–H and O–H groups in total. The predicted octanol–water partition coefficient (Wildman–Crippen LogP) is 2.47. The Bertz CT molecular complexity index is 738. The highest BCUT2D eigenvalue weighted by molar-refractivity contribution is 6.31. The third-order valence-electron chi connectivity index (χ3n) is 2.83. The first-order valence-corrected chi connectivity index (χ1v) is 6.39. The molecule has 0 aliphatic heterocycles. The molecule has 0 fully saturated rings. The van der Waals surface area contributed by atoms with Crippen molar-refractivity contribution < 1.29 is 9.53 Å². The monoisotopic (exact) mass is 301 g/mol. The quantitative estimate of drug-likeness (QED) is 0.847. The van der Waals surface area contributed by atoms with Gasteiger partial charge in [0.1, 0.15) is 12.4 Å². The molecule has 0 aromatic heterocycles. The molecule has 0 heterocycles. The zero-order valence-electron chi connectivity index (χ0n) is 11.0. The Labute approximate surface area is 126 Å². The Morgan fingerprint density at radius 1 is 1.29 bits per heavy atom. The van der Waals surface area contributed by atoms with Crippen molar-refractivity contribution >= 4 is 23.2 Å². The van der Waals surface area contributed by atoms with Crippen LogP contribution in [0.5, 0.6) is 5.75 Å². The molecule has 0 bridgehead atoms. The van der Waals surface area contributed by atoms with Gasteiger partial charge in [0.15, 0.2) is 0 Å². The molecule has 6 heteroatoms. The van der Waals surface area contributed by atoms with Crippen molar-refractivity contribution in [3.63, 3.8) is 0 Å². The molecule has 0 atom stereocenters. The number of nitrogens with two attached hydrogens (primary N) is 2. The van der Waals surface area contributed by atoms with E-state index in [1.54, 1.807) is 30.3 Å². The standard InChI is InChI=1S/C15H12ClN3O2/c16-13-5-9(7-17)1-2-10(13)8-21-14-4-3-11(18)6-12(14)15(19)20/h1-6H,8,18H2,(H2,19,20). The molecule has 1 amide bonds. The van der Waals surface area contributed by atoms with Crippen LogP contribution in [-0.2, 0) is 6.61 Å². The number of primary amides is 1. The number of carbonyl (C=O) groups excluding carboxylic acids is 1. The van der Waals surface area contributed by atoms with Crippen LogP contribution in [0, 0.1) is 11.3 Å². The van der Waals surface area contributed by atoms with Gasteiger partial charge < -0.3 is 16.2 Å². The first-order valence-electron chi connectivity index (χ1n) is 6.02. The summed E-state index contributed by atoms with van der Waals surface area (Å²) in [5, 5.41) is 9.20. The van der Waals surface area contributed by atoms with E-state index in [1.165, 1.54) is 6.07 Å². The third-order valence-corrected chi connectivity index (χ3v) is 3.19. The third kappa shape index (κ3) is 3.44. The first-order chi connectivity index (χ1) is 10.0. The van der Waals surface area contributed by atoms with E-state index in [0.29, 0.717) is 27.6 Å². The number of hydrogen-bond donors (Lipinski definition) is 2. The molecule has 21 heavy (non-hydrogen) atoms. The van der Waals surface area contributed by atoms with Gasteiger partial charge in [0.05, 0.1) is 17.2 Å². The van der Waals surface area contributed by atoms with Gasteiger partial charge in [-0.15, -0.1) is 0 Å². The van der Waals surface area contributed by atoms with E-state index >= 15 is 0 Å². The fourth-order valence-corrected chi connectivity index (χ4v) is 1.99. The summed E-state index contributed by atoms with van der Waals surface area (Å²) >= 11 is 6.06. The summed E-state index contributed by atoms with van der Waals surface area (Å²) in [6, 6.07) is 11.5. The van der Waals surface area contributed by atoms with E-state index in [0.717, 1.165) is 0 Å². The number of amides is 1. The number of halogens is 1. The zero-order valence-corrected chi connectivity index (χ0v) is 11.7. The van der Waals surface area contributed by atoms with E-state index in [1.807, 2.05) is 6.07 Å². The normalized spacial score (nSPS) is 9.90. The molecule has 0 radical (unpaired) electrons. The average molecular weight is 302 g/mol. The topological polar surface area (TPSA) is 102 Å². The van der Waals surface area contributed by atoms with Crippen molar-refractivity contribution in [3.8, 4) is 11.8 Å². The molecule has 5 nitrogen and oxygen atoms in total. The Morgan fingerprint density at radius 2 is 2.05 bits per heavy atom.